The first-order chi connectivity index (χ1) is 11.1. The van der Waals surface area contributed by atoms with Crippen molar-refractivity contribution in [3.63, 3.8) is 0 Å². The molecule has 1 aromatic heterocycles. The summed E-state index contributed by atoms with van der Waals surface area (Å²) in [5.74, 6) is 0.249. The predicted octanol–water partition coefficient (Wildman–Crippen LogP) is 3.60. The molecule has 2 heterocycles. The van der Waals surface area contributed by atoms with Gasteiger partial charge in [0.1, 0.15) is 17.0 Å². The third kappa shape index (κ3) is 3.26. The molecule has 0 spiro atoms. The lowest BCUT2D eigenvalue weighted by Gasteiger charge is -2.20. The standard InChI is InChI=1S/C17H19ClN2O3/c1-10(14-8-5-9-22-14)19-17(21)15-11(2)23-20-16(15)12-6-3-4-7-13(12)18/h3-4,6-7,10,14H,5,8-9H2,1-2H3,(H,19,21)/t10-,14+/m0/s1. The fourth-order valence-corrected chi connectivity index (χ4v) is 3.07. The number of rotatable bonds is 4. The summed E-state index contributed by atoms with van der Waals surface area (Å²) in [5, 5.41) is 7.54. The van der Waals surface area contributed by atoms with Crippen molar-refractivity contribution in [2.45, 2.75) is 38.8 Å². The van der Waals surface area contributed by atoms with Crippen molar-refractivity contribution >= 4 is 17.5 Å². The van der Waals surface area contributed by atoms with E-state index in [0.29, 0.717) is 27.6 Å². The van der Waals surface area contributed by atoms with Gasteiger partial charge in [-0.2, -0.15) is 0 Å². The van der Waals surface area contributed by atoms with Crippen molar-refractivity contribution in [1.82, 2.24) is 10.5 Å². The van der Waals surface area contributed by atoms with Crippen LogP contribution in [0.5, 0.6) is 0 Å². The van der Waals surface area contributed by atoms with Gasteiger partial charge < -0.3 is 14.6 Å². The van der Waals surface area contributed by atoms with E-state index in [2.05, 4.69) is 10.5 Å². The monoisotopic (exact) mass is 334 g/mol. The van der Waals surface area contributed by atoms with Gasteiger partial charge in [0.25, 0.3) is 5.91 Å². The van der Waals surface area contributed by atoms with E-state index >= 15 is 0 Å². The van der Waals surface area contributed by atoms with Gasteiger partial charge in [0.05, 0.1) is 17.2 Å². The zero-order valence-electron chi connectivity index (χ0n) is 13.1. The van der Waals surface area contributed by atoms with Gasteiger partial charge in [0, 0.05) is 12.2 Å². The fourth-order valence-electron chi connectivity index (χ4n) is 2.85. The van der Waals surface area contributed by atoms with Crippen LogP contribution in [-0.4, -0.2) is 29.8 Å². The van der Waals surface area contributed by atoms with E-state index in [1.807, 2.05) is 25.1 Å². The van der Waals surface area contributed by atoms with Gasteiger partial charge in [-0.25, -0.2) is 0 Å². The molecule has 1 amide bonds. The maximum atomic E-state index is 12.7. The lowest BCUT2D eigenvalue weighted by Crippen LogP contribution is -2.41. The van der Waals surface area contributed by atoms with Crippen LogP contribution in [0.1, 0.15) is 35.9 Å². The number of nitrogens with one attached hydrogen (secondary N) is 1. The molecule has 23 heavy (non-hydrogen) atoms. The Morgan fingerprint density at radius 3 is 2.91 bits per heavy atom. The van der Waals surface area contributed by atoms with Crippen molar-refractivity contribution < 1.29 is 14.1 Å². The summed E-state index contributed by atoms with van der Waals surface area (Å²) in [7, 11) is 0. The Hall–Kier alpha value is -1.85. The summed E-state index contributed by atoms with van der Waals surface area (Å²) in [6.07, 6.45) is 2.05. The molecule has 1 aliphatic rings. The van der Waals surface area contributed by atoms with Gasteiger partial charge in [-0.1, -0.05) is 35.0 Å². The number of aromatic nitrogens is 1. The number of amides is 1. The van der Waals surface area contributed by atoms with E-state index in [9.17, 15) is 4.79 Å². The Morgan fingerprint density at radius 1 is 1.43 bits per heavy atom. The maximum Gasteiger partial charge on any atom is 0.257 e. The molecule has 1 saturated heterocycles. The minimum atomic E-state index is -0.221. The Morgan fingerprint density at radius 2 is 2.22 bits per heavy atom. The van der Waals surface area contributed by atoms with Crippen LogP contribution in [0.3, 0.4) is 0 Å². The lowest BCUT2D eigenvalue weighted by molar-refractivity contribution is 0.0712. The second kappa shape index (κ2) is 6.72. The van der Waals surface area contributed by atoms with Crippen LogP contribution in [0.25, 0.3) is 11.3 Å². The van der Waals surface area contributed by atoms with Crippen LogP contribution in [0.4, 0.5) is 0 Å². The molecular formula is C17H19ClN2O3. The van der Waals surface area contributed by atoms with Crippen molar-refractivity contribution in [2.24, 2.45) is 0 Å². The highest BCUT2D eigenvalue weighted by atomic mass is 35.5. The number of hydrogen-bond donors (Lipinski definition) is 1. The molecule has 0 saturated carbocycles. The van der Waals surface area contributed by atoms with Gasteiger partial charge >= 0.3 is 0 Å². The summed E-state index contributed by atoms with van der Waals surface area (Å²) in [6.45, 7) is 4.42. The fraction of sp³-hybridized carbons (Fsp3) is 0.412. The molecule has 122 valence electrons. The van der Waals surface area contributed by atoms with E-state index in [-0.39, 0.29) is 18.1 Å². The van der Waals surface area contributed by atoms with E-state index in [1.165, 1.54) is 0 Å². The van der Waals surface area contributed by atoms with E-state index in [1.54, 1.807) is 13.0 Å². The average molecular weight is 335 g/mol. The molecule has 2 atom stereocenters. The molecule has 3 rings (SSSR count). The maximum absolute atomic E-state index is 12.7. The minimum absolute atomic E-state index is 0.0582. The Bertz CT molecular complexity index is 708. The molecular weight excluding hydrogens is 316 g/mol. The first-order valence-electron chi connectivity index (χ1n) is 7.71. The summed E-state index contributed by atoms with van der Waals surface area (Å²) < 4.78 is 10.9. The molecule has 5 nitrogen and oxygen atoms in total. The number of nitrogens with zero attached hydrogens (tertiary/aromatic N) is 1. The molecule has 2 aromatic rings. The van der Waals surface area contributed by atoms with Crippen LogP contribution in [0, 0.1) is 6.92 Å². The highest BCUT2D eigenvalue weighted by Gasteiger charge is 2.28. The molecule has 6 heteroatoms. The number of benzene rings is 1. The number of aryl methyl sites for hydroxylation is 1. The molecule has 0 unspecified atom stereocenters. The van der Waals surface area contributed by atoms with Crippen LogP contribution in [0.2, 0.25) is 5.02 Å². The molecule has 0 bridgehead atoms. The molecule has 1 N–H and O–H groups in total. The average Bonchev–Trinajstić information content (AvgIpc) is 3.17. The quantitative estimate of drug-likeness (QED) is 0.927. The molecule has 0 radical (unpaired) electrons. The molecule has 1 aromatic carbocycles. The number of carbonyl (C=O) groups excluding carboxylic acids is 1. The van der Waals surface area contributed by atoms with Crippen LogP contribution >= 0.6 is 11.6 Å². The zero-order chi connectivity index (χ0) is 16.4. The van der Waals surface area contributed by atoms with Gasteiger partial charge in [-0.05, 0) is 32.8 Å². The van der Waals surface area contributed by atoms with Gasteiger partial charge in [0.2, 0.25) is 0 Å². The van der Waals surface area contributed by atoms with Crippen molar-refractivity contribution in [3.05, 3.63) is 40.6 Å². The number of carbonyl (C=O) groups is 1. The van der Waals surface area contributed by atoms with Crippen molar-refractivity contribution in [3.8, 4) is 11.3 Å². The topological polar surface area (TPSA) is 64.4 Å². The normalized spacial score (nSPS) is 18.8. The predicted molar refractivity (Wildman–Crippen MR) is 87.6 cm³/mol. The third-order valence-corrected chi connectivity index (χ3v) is 4.43. The van der Waals surface area contributed by atoms with E-state index < -0.39 is 0 Å². The zero-order valence-corrected chi connectivity index (χ0v) is 13.9. The highest BCUT2D eigenvalue weighted by Crippen LogP contribution is 2.31. The summed E-state index contributed by atoms with van der Waals surface area (Å²) >= 11 is 6.22. The summed E-state index contributed by atoms with van der Waals surface area (Å²) in [5.41, 5.74) is 1.56. The Balaban J connectivity index is 1.86. The van der Waals surface area contributed by atoms with Crippen LogP contribution < -0.4 is 5.32 Å². The molecule has 0 aliphatic carbocycles. The smallest absolute Gasteiger partial charge is 0.257 e. The Labute approximate surface area is 139 Å². The van der Waals surface area contributed by atoms with Crippen LogP contribution in [-0.2, 0) is 4.74 Å². The lowest BCUT2D eigenvalue weighted by atomic mass is 10.0. The van der Waals surface area contributed by atoms with Gasteiger partial charge in [-0.15, -0.1) is 0 Å². The highest BCUT2D eigenvalue weighted by molar-refractivity contribution is 6.33. The first-order valence-corrected chi connectivity index (χ1v) is 8.09. The number of halogens is 1. The number of ether oxygens (including phenoxy) is 1. The molecule has 1 aliphatic heterocycles. The van der Waals surface area contributed by atoms with Crippen molar-refractivity contribution in [1.29, 1.82) is 0 Å². The molecule has 1 fully saturated rings. The second-order valence-electron chi connectivity index (χ2n) is 5.76. The first kappa shape index (κ1) is 16.0. The summed E-state index contributed by atoms with van der Waals surface area (Å²) in [4.78, 5) is 12.7. The minimum Gasteiger partial charge on any atom is -0.376 e. The number of hydrogen-bond acceptors (Lipinski definition) is 4. The summed E-state index contributed by atoms with van der Waals surface area (Å²) in [6, 6.07) is 7.19. The second-order valence-corrected chi connectivity index (χ2v) is 6.16. The van der Waals surface area contributed by atoms with Gasteiger partial charge in [0.15, 0.2) is 0 Å². The Kier molecular flexibility index (Phi) is 4.68. The third-order valence-electron chi connectivity index (χ3n) is 4.10. The van der Waals surface area contributed by atoms with Crippen LogP contribution in [0.15, 0.2) is 28.8 Å². The van der Waals surface area contributed by atoms with E-state index in [0.717, 1.165) is 19.4 Å². The van der Waals surface area contributed by atoms with E-state index in [4.69, 9.17) is 20.9 Å². The van der Waals surface area contributed by atoms with Gasteiger partial charge in [-0.3, -0.25) is 4.79 Å². The SMILES string of the molecule is Cc1onc(-c2ccccc2Cl)c1C(=O)N[C@@H](C)[C@H]1CCCO1. The van der Waals surface area contributed by atoms with Crippen molar-refractivity contribution in [2.75, 3.05) is 6.61 Å². The largest absolute Gasteiger partial charge is 0.376 e.